The van der Waals surface area contributed by atoms with E-state index in [0.29, 0.717) is 0 Å². The number of carbonyl (C=O) groups is 2. The maximum atomic E-state index is 13.8. The first-order valence-electron chi connectivity index (χ1n) is 10.7. The first-order chi connectivity index (χ1) is 17.9. The van der Waals surface area contributed by atoms with Crippen LogP contribution in [0.3, 0.4) is 0 Å². The third kappa shape index (κ3) is 6.15. The quantitative estimate of drug-likeness (QED) is 0.214. The Bertz CT molecular complexity index is 1530. The molecule has 3 aromatic rings. The summed E-state index contributed by atoms with van der Waals surface area (Å²) in [6.45, 7) is 0.686. The summed E-state index contributed by atoms with van der Waals surface area (Å²) in [5.74, 6) is -1.47. The van der Waals surface area contributed by atoms with Gasteiger partial charge in [-0.25, -0.2) is 13.2 Å². The van der Waals surface area contributed by atoms with Crippen LogP contribution in [0.4, 0.5) is 17.1 Å². The Hall–Kier alpha value is -3.87. The molecule has 3 rings (SSSR count). The van der Waals surface area contributed by atoms with Crippen molar-refractivity contribution in [2.75, 3.05) is 30.4 Å². The fourth-order valence-corrected chi connectivity index (χ4v) is 5.24. The van der Waals surface area contributed by atoms with E-state index in [1.807, 2.05) is 0 Å². The number of aryl methyl sites for hydroxylation is 1. The van der Waals surface area contributed by atoms with Gasteiger partial charge in [-0.05, 0) is 49.4 Å². The highest BCUT2D eigenvalue weighted by atomic mass is 35.5. The molecule has 1 amide bonds. The van der Waals surface area contributed by atoms with Gasteiger partial charge in [0.1, 0.15) is 12.3 Å². The number of halogens is 2. The number of esters is 1. The molecule has 38 heavy (non-hydrogen) atoms. The number of sulfonamides is 1. The van der Waals surface area contributed by atoms with Gasteiger partial charge in [0.2, 0.25) is 5.91 Å². The van der Waals surface area contributed by atoms with Crippen molar-refractivity contribution in [1.29, 1.82) is 0 Å². The minimum absolute atomic E-state index is 0.0140. The lowest BCUT2D eigenvalue weighted by Gasteiger charge is -2.26. The topological polar surface area (TPSA) is 145 Å². The molecule has 0 aliphatic carbocycles. The number of nitro benzene ring substituents is 1. The maximum Gasteiger partial charge on any atom is 0.339 e. The second kappa shape index (κ2) is 11.7. The highest BCUT2D eigenvalue weighted by molar-refractivity contribution is 7.92. The van der Waals surface area contributed by atoms with Crippen LogP contribution in [0, 0.1) is 17.0 Å². The summed E-state index contributed by atoms with van der Waals surface area (Å²) in [6, 6.07) is 11.6. The fourth-order valence-electron chi connectivity index (χ4n) is 3.43. The fraction of sp³-hybridized carbons (Fsp3) is 0.167. The number of benzene rings is 3. The van der Waals surface area contributed by atoms with Crippen LogP contribution in [-0.2, 0) is 19.6 Å². The van der Waals surface area contributed by atoms with Crippen molar-refractivity contribution in [3.05, 3.63) is 85.9 Å². The van der Waals surface area contributed by atoms with Gasteiger partial charge in [0, 0.05) is 22.3 Å². The van der Waals surface area contributed by atoms with E-state index in [-0.39, 0.29) is 38.3 Å². The molecule has 0 bridgehead atoms. The van der Waals surface area contributed by atoms with Gasteiger partial charge in [-0.1, -0.05) is 29.3 Å². The van der Waals surface area contributed by atoms with Crippen LogP contribution in [0.15, 0.2) is 59.5 Å². The standard InChI is InChI=1S/C24H21Cl2N3O8S/c1-14-4-7-17(12-20(14)29(32)33)38(34,35)28(21-10-15(25)5-9-22(21)36-2)13-23(30)27-16-6-8-19(26)18(11-16)24(31)37-3/h4-12H,13H2,1-3H3,(H,27,30). The van der Waals surface area contributed by atoms with Gasteiger partial charge < -0.3 is 14.8 Å². The first kappa shape index (κ1) is 28.7. The van der Waals surface area contributed by atoms with Crippen LogP contribution in [-0.4, -0.2) is 46.0 Å². The minimum Gasteiger partial charge on any atom is -0.495 e. The smallest absolute Gasteiger partial charge is 0.339 e. The molecule has 200 valence electrons. The number of ether oxygens (including phenoxy) is 2. The molecule has 0 saturated heterocycles. The van der Waals surface area contributed by atoms with Gasteiger partial charge >= 0.3 is 5.97 Å². The Morgan fingerprint density at radius 1 is 1.05 bits per heavy atom. The number of hydrogen-bond donors (Lipinski definition) is 1. The monoisotopic (exact) mass is 581 g/mol. The van der Waals surface area contributed by atoms with Crippen molar-refractivity contribution in [3.63, 3.8) is 0 Å². The number of rotatable bonds is 9. The van der Waals surface area contributed by atoms with E-state index in [2.05, 4.69) is 10.1 Å². The normalized spacial score (nSPS) is 11.0. The Balaban J connectivity index is 2.07. The number of nitrogens with zero attached hydrogens (tertiary/aromatic N) is 2. The average molecular weight is 582 g/mol. The highest BCUT2D eigenvalue weighted by Gasteiger charge is 2.31. The zero-order chi connectivity index (χ0) is 28.2. The number of hydrogen-bond acceptors (Lipinski definition) is 8. The lowest BCUT2D eigenvalue weighted by molar-refractivity contribution is -0.385. The summed E-state index contributed by atoms with van der Waals surface area (Å²) >= 11 is 12.1. The highest BCUT2D eigenvalue weighted by Crippen LogP contribution is 2.36. The van der Waals surface area contributed by atoms with Crippen LogP contribution in [0.5, 0.6) is 5.75 Å². The second-order valence-electron chi connectivity index (χ2n) is 7.77. The van der Waals surface area contributed by atoms with E-state index in [4.69, 9.17) is 27.9 Å². The molecule has 0 radical (unpaired) electrons. The summed E-state index contributed by atoms with van der Waals surface area (Å²) in [7, 11) is -2.09. The number of methoxy groups -OCH3 is 2. The zero-order valence-electron chi connectivity index (χ0n) is 20.2. The third-order valence-corrected chi connectivity index (χ3v) is 7.64. The van der Waals surface area contributed by atoms with E-state index in [9.17, 15) is 28.1 Å². The number of nitro groups is 1. The molecule has 0 saturated carbocycles. The SMILES string of the molecule is COC(=O)c1cc(NC(=O)CN(c2cc(Cl)ccc2OC)S(=O)(=O)c2ccc(C)c([N+](=O)[O-])c2)ccc1Cl. The Morgan fingerprint density at radius 3 is 2.39 bits per heavy atom. The van der Waals surface area contributed by atoms with Crippen molar-refractivity contribution < 1.29 is 32.4 Å². The molecule has 11 nitrogen and oxygen atoms in total. The number of amides is 1. The Kier molecular flexibility index (Phi) is 8.82. The summed E-state index contributed by atoms with van der Waals surface area (Å²) < 4.78 is 38.2. The van der Waals surface area contributed by atoms with Crippen LogP contribution in [0.2, 0.25) is 10.0 Å². The molecule has 3 aromatic carbocycles. The molecule has 0 aliphatic heterocycles. The van der Waals surface area contributed by atoms with Crippen molar-refractivity contribution in [2.24, 2.45) is 0 Å². The lowest BCUT2D eigenvalue weighted by Crippen LogP contribution is -2.38. The maximum absolute atomic E-state index is 13.8. The Morgan fingerprint density at radius 2 is 1.76 bits per heavy atom. The van der Waals surface area contributed by atoms with Crippen LogP contribution >= 0.6 is 23.2 Å². The minimum atomic E-state index is -4.56. The van der Waals surface area contributed by atoms with Gasteiger partial charge in [-0.2, -0.15) is 0 Å². The molecule has 0 fully saturated rings. The molecule has 0 heterocycles. The van der Waals surface area contributed by atoms with Crippen molar-refractivity contribution in [3.8, 4) is 5.75 Å². The van der Waals surface area contributed by atoms with Crippen molar-refractivity contribution in [2.45, 2.75) is 11.8 Å². The zero-order valence-corrected chi connectivity index (χ0v) is 22.6. The van der Waals surface area contributed by atoms with Crippen molar-refractivity contribution in [1.82, 2.24) is 0 Å². The molecule has 1 N–H and O–H groups in total. The second-order valence-corrected chi connectivity index (χ2v) is 10.5. The van der Waals surface area contributed by atoms with Gasteiger partial charge in [0.15, 0.2) is 0 Å². The predicted molar refractivity (Wildman–Crippen MR) is 142 cm³/mol. The molecule has 0 unspecified atom stereocenters. The molecule has 0 aromatic heterocycles. The molecule has 14 heteroatoms. The average Bonchev–Trinajstić information content (AvgIpc) is 2.87. The van der Waals surface area contributed by atoms with Crippen LogP contribution in [0.25, 0.3) is 0 Å². The largest absolute Gasteiger partial charge is 0.495 e. The number of anilines is 2. The third-order valence-electron chi connectivity index (χ3n) is 5.32. The summed E-state index contributed by atoms with van der Waals surface area (Å²) in [6.07, 6.45) is 0. The number of carbonyl (C=O) groups excluding carboxylic acids is 2. The molecular weight excluding hydrogens is 561 g/mol. The van der Waals surface area contributed by atoms with Gasteiger partial charge in [0.25, 0.3) is 15.7 Å². The van der Waals surface area contributed by atoms with Crippen LogP contribution in [0.1, 0.15) is 15.9 Å². The summed E-state index contributed by atoms with van der Waals surface area (Å²) in [4.78, 5) is 35.3. The summed E-state index contributed by atoms with van der Waals surface area (Å²) in [5, 5.41) is 14.2. The van der Waals surface area contributed by atoms with E-state index in [1.165, 1.54) is 69.7 Å². The van der Waals surface area contributed by atoms with Crippen molar-refractivity contribution >= 4 is 62.2 Å². The molecule has 0 aliphatic rings. The molecular formula is C24H21Cl2N3O8S. The first-order valence-corrected chi connectivity index (χ1v) is 12.9. The Labute approximate surface area is 228 Å². The van der Waals surface area contributed by atoms with Gasteiger partial charge in [-0.15, -0.1) is 0 Å². The van der Waals surface area contributed by atoms with E-state index < -0.39 is 44.0 Å². The molecule has 0 spiro atoms. The van der Waals surface area contributed by atoms with Gasteiger partial charge in [0.05, 0.1) is 40.3 Å². The van der Waals surface area contributed by atoms with E-state index >= 15 is 0 Å². The van der Waals surface area contributed by atoms with E-state index in [0.717, 1.165) is 10.4 Å². The predicted octanol–water partition coefficient (Wildman–Crippen LogP) is 4.84. The van der Waals surface area contributed by atoms with Crippen LogP contribution < -0.4 is 14.4 Å². The summed E-state index contributed by atoms with van der Waals surface area (Å²) in [5.41, 5.74) is -0.112. The van der Waals surface area contributed by atoms with E-state index in [1.54, 1.807) is 0 Å². The van der Waals surface area contributed by atoms with Gasteiger partial charge in [-0.3, -0.25) is 19.2 Å². The number of nitrogens with one attached hydrogen (secondary N) is 1. The molecule has 0 atom stereocenters. The lowest BCUT2D eigenvalue weighted by atomic mass is 10.2.